The van der Waals surface area contributed by atoms with Gasteiger partial charge in [-0.25, -0.2) is 13.1 Å². The molecule has 30 heavy (non-hydrogen) atoms. The molecule has 7 nitrogen and oxygen atoms in total. The van der Waals surface area contributed by atoms with Crippen molar-refractivity contribution in [2.24, 2.45) is 0 Å². The Morgan fingerprint density at radius 3 is 2.67 bits per heavy atom. The van der Waals surface area contributed by atoms with Crippen molar-refractivity contribution in [3.05, 3.63) is 63.7 Å². The Labute approximate surface area is 181 Å². The van der Waals surface area contributed by atoms with Crippen molar-refractivity contribution in [2.45, 2.75) is 44.9 Å². The number of benzene rings is 1. The van der Waals surface area contributed by atoms with E-state index < -0.39 is 10.0 Å². The molecular formula is C21H27N3O4S2. The highest BCUT2D eigenvalue weighted by Crippen LogP contribution is 2.20. The number of hydrogen-bond donors (Lipinski definition) is 1. The van der Waals surface area contributed by atoms with Crippen LogP contribution in [-0.2, 0) is 23.1 Å². The normalized spacial score (nSPS) is 13.0. The summed E-state index contributed by atoms with van der Waals surface area (Å²) in [5.74, 6) is 0.980. The van der Waals surface area contributed by atoms with E-state index in [0.29, 0.717) is 11.4 Å². The fraction of sp³-hybridized carbons (Fsp3) is 0.381. The maximum atomic E-state index is 12.5. The van der Waals surface area contributed by atoms with Crippen molar-refractivity contribution in [1.29, 1.82) is 0 Å². The van der Waals surface area contributed by atoms with Gasteiger partial charge in [-0.2, -0.15) is 11.3 Å². The molecule has 162 valence electrons. The monoisotopic (exact) mass is 449 g/mol. The van der Waals surface area contributed by atoms with E-state index in [2.05, 4.69) is 44.7 Å². The van der Waals surface area contributed by atoms with Crippen LogP contribution in [0.2, 0.25) is 0 Å². The largest absolute Gasteiger partial charge is 0.489 e. The maximum Gasteiger partial charge on any atom is 0.246 e. The minimum Gasteiger partial charge on any atom is -0.489 e. The van der Waals surface area contributed by atoms with Gasteiger partial charge in [0.15, 0.2) is 5.76 Å². The fourth-order valence-electron chi connectivity index (χ4n) is 3.21. The van der Waals surface area contributed by atoms with E-state index in [1.807, 2.05) is 25.1 Å². The van der Waals surface area contributed by atoms with Gasteiger partial charge in [-0.1, -0.05) is 17.3 Å². The van der Waals surface area contributed by atoms with Gasteiger partial charge >= 0.3 is 0 Å². The first-order chi connectivity index (χ1) is 14.2. The predicted molar refractivity (Wildman–Crippen MR) is 117 cm³/mol. The first-order valence-electron chi connectivity index (χ1n) is 9.62. The van der Waals surface area contributed by atoms with Crippen LogP contribution in [0.4, 0.5) is 0 Å². The molecule has 0 aliphatic carbocycles. The Morgan fingerprint density at radius 1 is 1.23 bits per heavy atom. The standard InChI is InChI=1S/C21H27N3O4S2/c1-15(11-22-30(25,26)21-16(2)23-28-17(21)3)27-20-7-5-6-18(10-20)12-24(4)13-19-8-9-29-14-19/h5-10,14-15,22H,11-13H2,1-4H3. The van der Waals surface area contributed by atoms with Crippen molar-refractivity contribution < 1.29 is 17.7 Å². The van der Waals surface area contributed by atoms with Crippen LogP contribution in [0.1, 0.15) is 29.5 Å². The molecule has 2 aromatic heterocycles. The number of sulfonamides is 1. The first kappa shape index (κ1) is 22.5. The van der Waals surface area contributed by atoms with Gasteiger partial charge < -0.3 is 9.26 Å². The number of nitrogens with one attached hydrogen (secondary N) is 1. The molecule has 0 aliphatic rings. The lowest BCUT2D eigenvalue weighted by atomic mass is 10.2. The van der Waals surface area contributed by atoms with Gasteiger partial charge in [-0.05, 0) is 67.9 Å². The summed E-state index contributed by atoms with van der Waals surface area (Å²) in [4.78, 5) is 2.33. The molecule has 0 saturated carbocycles. The van der Waals surface area contributed by atoms with E-state index >= 15 is 0 Å². The molecule has 2 heterocycles. The molecule has 1 aromatic carbocycles. The van der Waals surface area contributed by atoms with Gasteiger partial charge in [-0.15, -0.1) is 0 Å². The Bertz CT molecular complexity index is 1040. The van der Waals surface area contributed by atoms with Crippen molar-refractivity contribution in [1.82, 2.24) is 14.8 Å². The third-order valence-electron chi connectivity index (χ3n) is 4.52. The Morgan fingerprint density at radius 2 is 2.00 bits per heavy atom. The van der Waals surface area contributed by atoms with Gasteiger partial charge in [0.1, 0.15) is 22.4 Å². The number of aryl methyl sites for hydroxylation is 2. The van der Waals surface area contributed by atoms with Crippen molar-refractivity contribution in [2.75, 3.05) is 13.6 Å². The molecular weight excluding hydrogens is 422 g/mol. The van der Waals surface area contributed by atoms with Crippen LogP contribution >= 0.6 is 11.3 Å². The topological polar surface area (TPSA) is 84.7 Å². The molecule has 0 fully saturated rings. The van der Waals surface area contributed by atoms with Gasteiger partial charge in [0.05, 0.1) is 0 Å². The van der Waals surface area contributed by atoms with Gasteiger partial charge in [0.2, 0.25) is 10.0 Å². The van der Waals surface area contributed by atoms with Crippen LogP contribution in [0.3, 0.4) is 0 Å². The smallest absolute Gasteiger partial charge is 0.246 e. The molecule has 0 amide bonds. The van der Waals surface area contributed by atoms with E-state index in [-0.39, 0.29) is 23.3 Å². The fourth-order valence-corrected chi connectivity index (χ4v) is 5.31. The summed E-state index contributed by atoms with van der Waals surface area (Å²) in [5.41, 5.74) is 2.77. The van der Waals surface area contributed by atoms with E-state index in [1.165, 1.54) is 5.56 Å². The van der Waals surface area contributed by atoms with Gasteiger partial charge in [-0.3, -0.25) is 4.90 Å². The molecule has 1 atom stereocenters. The van der Waals surface area contributed by atoms with Crippen LogP contribution in [0.25, 0.3) is 0 Å². The molecule has 0 spiro atoms. The van der Waals surface area contributed by atoms with Crippen molar-refractivity contribution in [3.63, 3.8) is 0 Å². The first-order valence-corrected chi connectivity index (χ1v) is 12.0. The number of thiophene rings is 1. The molecule has 0 saturated heterocycles. The van der Waals surface area contributed by atoms with Gasteiger partial charge in [0.25, 0.3) is 0 Å². The highest BCUT2D eigenvalue weighted by molar-refractivity contribution is 7.89. The number of hydrogen-bond acceptors (Lipinski definition) is 7. The van der Waals surface area contributed by atoms with E-state index in [1.54, 1.807) is 25.2 Å². The minimum absolute atomic E-state index is 0.0883. The van der Waals surface area contributed by atoms with E-state index in [4.69, 9.17) is 9.26 Å². The quantitative estimate of drug-likeness (QED) is 0.508. The Kier molecular flexibility index (Phi) is 7.30. The third-order valence-corrected chi connectivity index (χ3v) is 6.92. The molecule has 9 heteroatoms. The minimum atomic E-state index is -3.71. The van der Waals surface area contributed by atoms with Crippen LogP contribution in [0.15, 0.2) is 50.5 Å². The zero-order chi connectivity index (χ0) is 21.7. The van der Waals surface area contributed by atoms with Crippen LogP contribution in [0.5, 0.6) is 5.75 Å². The number of nitrogens with zero attached hydrogens (tertiary/aromatic N) is 2. The highest BCUT2D eigenvalue weighted by Gasteiger charge is 2.24. The molecule has 3 aromatic rings. The zero-order valence-corrected chi connectivity index (χ0v) is 19.2. The summed E-state index contributed by atoms with van der Waals surface area (Å²) in [7, 11) is -1.63. The number of ether oxygens (including phenoxy) is 1. The lowest BCUT2D eigenvalue weighted by Crippen LogP contribution is -2.34. The summed E-state index contributed by atoms with van der Waals surface area (Å²) < 4.78 is 38.5. The Hall–Kier alpha value is -2.20. The molecule has 0 aliphatic heterocycles. The summed E-state index contributed by atoms with van der Waals surface area (Å²) in [6.45, 7) is 6.82. The predicted octanol–water partition coefficient (Wildman–Crippen LogP) is 3.73. The molecule has 0 radical (unpaired) electrons. The van der Waals surface area contributed by atoms with Crippen molar-refractivity contribution in [3.8, 4) is 5.75 Å². The summed E-state index contributed by atoms with van der Waals surface area (Å²) in [5, 5.41) is 7.94. The zero-order valence-electron chi connectivity index (χ0n) is 17.6. The lowest BCUT2D eigenvalue weighted by molar-refractivity contribution is 0.224. The average Bonchev–Trinajstić information content (AvgIpc) is 3.30. The second-order valence-corrected chi connectivity index (χ2v) is 9.87. The van der Waals surface area contributed by atoms with E-state index in [0.717, 1.165) is 18.7 Å². The number of rotatable bonds is 10. The second-order valence-electron chi connectivity index (χ2n) is 7.38. The lowest BCUT2D eigenvalue weighted by Gasteiger charge is -2.18. The SMILES string of the molecule is Cc1noc(C)c1S(=O)(=O)NCC(C)Oc1cccc(CN(C)Cc2ccsc2)c1. The summed E-state index contributed by atoms with van der Waals surface area (Å²) in [6, 6.07) is 10.0. The van der Waals surface area contributed by atoms with E-state index in [9.17, 15) is 8.42 Å². The molecule has 1 unspecified atom stereocenters. The Balaban J connectivity index is 1.55. The molecule has 1 N–H and O–H groups in total. The second kappa shape index (κ2) is 9.74. The average molecular weight is 450 g/mol. The van der Waals surface area contributed by atoms with Crippen LogP contribution in [-0.4, -0.2) is 38.2 Å². The summed E-state index contributed by atoms with van der Waals surface area (Å²) >= 11 is 1.70. The molecule has 3 rings (SSSR count). The van der Waals surface area contributed by atoms with Crippen LogP contribution in [0, 0.1) is 13.8 Å². The summed E-state index contributed by atoms with van der Waals surface area (Å²) in [6.07, 6.45) is -0.348. The van der Waals surface area contributed by atoms with Crippen LogP contribution < -0.4 is 9.46 Å². The highest BCUT2D eigenvalue weighted by atomic mass is 32.2. The van der Waals surface area contributed by atoms with Gasteiger partial charge in [0, 0.05) is 19.6 Å². The number of aromatic nitrogens is 1. The molecule has 0 bridgehead atoms. The van der Waals surface area contributed by atoms with Crippen molar-refractivity contribution >= 4 is 21.4 Å². The third kappa shape index (κ3) is 5.91. The maximum absolute atomic E-state index is 12.5.